The van der Waals surface area contributed by atoms with Crippen LogP contribution in [0.1, 0.15) is 37.0 Å². The fourth-order valence-electron chi connectivity index (χ4n) is 3.85. The first-order valence-corrected chi connectivity index (χ1v) is 12.6. The second-order valence-electron chi connectivity index (χ2n) is 8.26. The first kappa shape index (κ1) is 26.2. The summed E-state index contributed by atoms with van der Waals surface area (Å²) in [5.41, 5.74) is 5.45. The summed E-state index contributed by atoms with van der Waals surface area (Å²) >= 11 is 1.41. The van der Waals surface area contributed by atoms with Crippen molar-refractivity contribution in [3.63, 3.8) is 0 Å². The molecule has 1 atom stereocenters. The summed E-state index contributed by atoms with van der Waals surface area (Å²) in [6.07, 6.45) is -3.25. The normalized spacial score (nSPS) is 16.4. The highest BCUT2D eigenvalue weighted by molar-refractivity contribution is 7.13. The summed E-state index contributed by atoms with van der Waals surface area (Å²) in [6.45, 7) is 8.64. The van der Waals surface area contributed by atoms with Crippen LogP contribution < -0.4 is 16.4 Å². The zero-order valence-electron chi connectivity index (χ0n) is 20.1. The van der Waals surface area contributed by atoms with E-state index < -0.39 is 17.8 Å². The van der Waals surface area contributed by atoms with Gasteiger partial charge in [-0.2, -0.15) is 13.2 Å². The predicted molar refractivity (Wildman–Crippen MR) is 133 cm³/mol. The largest absolute Gasteiger partial charge is 0.417 e. The number of nitrogens with zero attached hydrogens (tertiary/aromatic N) is 5. The number of hydrogen-bond acceptors (Lipinski definition) is 10. The number of anilines is 3. The van der Waals surface area contributed by atoms with Crippen molar-refractivity contribution in [1.29, 1.82) is 0 Å². The van der Waals surface area contributed by atoms with Crippen LogP contribution in [0.2, 0.25) is 0 Å². The molecule has 194 valence electrons. The summed E-state index contributed by atoms with van der Waals surface area (Å²) in [5.74, 6) is 0.364. The van der Waals surface area contributed by atoms with E-state index in [1.54, 1.807) is 0 Å². The van der Waals surface area contributed by atoms with Crippen LogP contribution in [-0.2, 0) is 17.3 Å². The Morgan fingerprint density at radius 3 is 2.72 bits per heavy atom. The lowest BCUT2D eigenvalue weighted by Crippen LogP contribution is -2.34. The number of nitrogen functional groups attached to an aromatic ring is 1. The molecule has 0 saturated carbocycles. The van der Waals surface area contributed by atoms with Gasteiger partial charge < -0.3 is 26.0 Å². The number of thiazole rings is 1. The number of likely N-dealkylation sites (N-methyl/N-ethyl adjacent to an activating group) is 1. The minimum absolute atomic E-state index is 0.0646. The number of rotatable bonds is 9. The lowest BCUT2D eigenvalue weighted by atomic mass is 10.1. The highest BCUT2D eigenvalue weighted by Crippen LogP contribution is 2.38. The zero-order chi connectivity index (χ0) is 25.7. The maximum atomic E-state index is 13.8. The molecule has 4 heterocycles. The van der Waals surface area contributed by atoms with Gasteiger partial charge in [0.25, 0.3) is 0 Å². The molecule has 3 aromatic heterocycles. The average Bonchev–Trinajstić information content (AvgIpc) is 3.31. The highest BCUT2D eigenvalue weighted by Gasteiger charge is 2.35. The molecule has 0 radical (unpaired) electrons. The average molecular weight is 523 g/mol. The minimum atomic E-state index is -4.64. The highest BCUT2D eigenvalue weighted by atomic mass is 32.1. The number of morpholine rings is 1. The van der Waals surface area contributed by atoms with Crippen molar-refractivity contribution in [3.8, 4) is 11.3 Å². The summed E-state index contributed by atoms with van der Waals surface area (Å²) in [6, 6.07) is 2.27. The summed E-state index contributed by atoms with van der Waals surface area (Å²) < 4.78 is 47.2. The van der Waals surface area contributed by atoms with Crippen molar-refractivity contribution < 1.29 is 17.9 Å². The summed E-state index contributed by atoms with van der Waals surface area (Å²) in [5, 5.41) is 8.89. The van der Waals surface area contributed by atoms with Crippen LogP contribution in [-0.4, -0.2) is 64.2 Å². The molecule has 0 aliphatic carbocycles. The summed E-state index contributed by atoms with van der Waals surface area (Å²) in [4.78, 5) is 19.8. The molecule has 4 N–H and O–H groups in total. The molecule has 3 aromatic rings. The van der Waals surface area contributed by atoms with Crippen molar-refractivity contribution in [1.82, 2.24) is 30.2 Å². The minimum Gasteiger partial charge on any atom is -0.384 e. The fourth-order valence-corrected chi connectivity index (χ4v) is 4.61. The number of alkyl halides is 3. The lowest BCUT2D eigenvalue weighted by molar-refractivity contribution is -0.137. The van der Waals surface area contributed by atoms with Crippen LogP contribution in [0.5, 0.6) is 0 Å². The van der Waals surface area contributed by atoms with Gasteiger partial charge in [-0.05, 0) is 19.2 Å². The molecule has 1 aliphatic heterocycles. The van der Waals surface area contributed by atoms with Crippen molar-refractivity contribution in [2.24, 2.45) is 0 Å². The van der Waals surface area contributed by atoms with E-state index in [9.17, 15) is 13.2 Å². The maximum Gasteiger partial charge on any atom is 0.417 e. The van der Waals surface area contributed by atoms with Gasteiger partial charge in [-0.15, -0.1) is 11.3 Å². The molecule has 1 saturated heterocycles. The van der Waals surface area contributed by atoms with E-state index >= 15 is 0 Å². The van der Waals surface area contributed by atoms with Gasteiger partial charge in [-0.25, -0.2) is 19.9 Å². The van der Waals surface area contributed by atoms with Crippen LogP contribution in [0.25, 0.3) is 11.3 Å². The number of ether oxygens (including phenoxy) is 1. The lowest BCUT2D eigenvalue weighted by Gasteiger charge is -2.23. The van der Waals surface area contributed by atoms with Crippen LogP contribution in [0.3, 0.4) is 0 Å². The third-order valence-electron chi connectivity index (χ3n) is 5.83. The second-order valence-corrected chi connectivity index (χ2v) is 9.12. The molecule has 4 rings (SSSR count). The van der Waals surface area contributed by atoms with Gasteiger partial charge in [-0.1, -0.05) is 13.8 Å². The zero-order valence-corrected chi connectivity index (χ0v) is 20.9. The Hall–Kier alpha value is -2.87. The smallest absolute Gasteiger partial charge is 0.384 e. The molecule has 1 fully saturated rings. The van der Waals surface area contributed by atoms with E-state index in [4.69, 9.17) is 10.5 Å². The summed E-state index contributed by atoms with van der Waals surface area (Å²) in [7, 11) is 0. The number of hydrogen-bond donors (Lipinski definition) is 3. The number of nitrogens with one attached hydrogen (secondary N) is 2. The Balaban J connectivity index is 1.66. The molecule has 0 spiro atoms. The quantitative estimate of drug-likeness (QED) is 0.385. The Labute approximate surface area is 211 Å². The van der Waals surface area contributed by atoms with Gasteiger partial charge in [0.15, 0.2) is 11.0 Å². The van der Waals surface area contributed by atoms with Crippen LogP contribution >= 0.6 is 11.3 Å². The van der Waals surface area contributed by atoms with E-state index in [0.717, 1.165) is 44.0 Å². The van der Waals surface area contributed by atoms with E-state index in [2.05, 4.69) is 49.3 Å². The van der Waals surface area contributed by atoms with Crippen molar-refractivity contribution in [2.45, 2.75) is 32.5 Å². The molecular weight excluding hydrogens is 493 g/mol. The van der Waals surface area contributed by atoms with Crippen LogP contribution in [0, 0.1) is 0 Å². The Morgan fingerprint density at radius 2 is 2.03 bits per heavy atom. The molecule has 13 heteroatoms. The molecule has 36 heavy (non-hydrogen) atoms. The van der Waals surface area contributed by atoms with Gasteiger partial charge in [0.05, 0.1) is 23.6 Å². The van der Waals surface area contributed by atoms with E-state index in [0.29, 0.717) is 30.6 Å². The van der Waals surface area contributed by atoms with E-state index in [-0.39, 0.29) is 22.9 Å². The Bertz CT molecular complexity index is 1160. The number of pyridine rings is 1. The number of halogens is 3. The Morgan fingerprint density at radius 1 is 1.22 bits per heavy atom. The van der Waals surface area contributed by atoms with Gasteiger partial charge in [0, 0.05) is 49.3 Å². The third-order valence-corrected chi connectivity index (χ3v) is 6.64. The molecular formula is C23H29F3N8OS. The van der Waals surface area contributed by atoms with Crippen LogP contribution in [0.15, 0.2) is 23.7 Å². The van der Waals surface area contributed by atoms with Gasteiger partial charge in [0.2, 0.25) is 0 Å². The number of nitrogens with two attached hydrogens (primary N) is 1. The first-order valence-electron chi connectivity index (χ1n) is 11.7. The molecule has 0 bridgehead atoms. The molecule has 0 aromatic carbocycles. The van der Waals surface area contributed by atoms with E-state index in [1.807, 2.05) is 5.38 Å². The van der Waals surface area contributed by atoms with Gasteiger partial charge in [0.1, 0.15) is 17.7 Å². The fraction of sp³-hybridized carbons (Fsp3) is 0.478. The number of aromatic nitrogens is 4. The molecule has 1 unspecified atom stereocenters. The molecule has 9 nitrogen and oxygen atoms in total. The molecule has 0 amide bonds. The Kier molecular flexibility index (Phi) is 8.34. The van der Waals surface area contributed by atoms with Crippen molar-refractivity contribution in [3.05, 3.63) is 40.8 Å². The standard InChI is InChI=1S/C23H29F3N8OS/c1-3-34(4-2)7-5-14-13-36-22(30-14)33-20-10-17(31-21(32-20)18-12-28-6-8-35-18)15-11-29-19(27)9-16(15)23(24,25)26/h9-11,13,18,28H,3-8,12H2,1-2H3,(H2,27,29)(H,30,31,32,33). The second kappa shape index (κ2) is 11.5. The predicted octanol–water partition coefficient (Wildman–Crippen LogP) is 3.88. The molecule has 1 aliphatic rings. The third kappa shape index (κ3) is 6.46. The first-order chi connectivity index (χ1) is 17.3. The topological polar surface area (TPSA) is 114 Å². The van der Waals surface area contributed by atoms with E-state index in [1.165, 1.54) is 17.4 Å². The van der Waals surface area contributed by atoms with Gasteiger partial charge >= 0.3 is 6.18 Å². The van der Waals surface area contributed by atoms with Crippen molar-refractivity contribution >= 4 is 28.1 Å². The van der Waals surface area contributed by atoms with Crippen molar-refractivity contribution in [2.75, 3.05) is 50.4 Å². The van der Waals surface area contributed by atoms with Crippen LogP contribution in [0.4, 0.5) is 29.9 Å². The monoisotopic (exact) mass is 522 g/mol. The van der Waals surface area contributed by atoms with Gasteiger partial charge in [-0.3, -0.25) is 0 Å². The maximum absolute atomic E-state index is 13.8. The SMILES string of the molecule is CCN(CC)CCc1csc(Nc2cc(-c3cnc(N)cc3C(F)(F)F)nc(C3CNCCO3)n2)n1.